The van der Waals surface area contributed by atoms with E-state index in [1.165, 1.54) is 53.1 Å². The van der Waals surface area contributed by atoms with E-state index in [0.29, 0.717) is 56.6 Å². The fraction of sp³-hybridized carbons (Fsp3) is 0.118. The molecule has 0 unspecified atom stereocenters. The van der Waals surface area contributed by atoms with Crippen molar-refractivity contribution >= 4 is 27.3 Å². The molecule has 6 aromatic rings. The molecule has 3 aromatic heterocycles. The molecule has 1 aliphatic carbocycles. The van der Waals surface area contributed by atoms with Gasteiger partial charge in [0.15, 0.2) is 5.65 Å². The molecule has 3 aromatic carbocycles. The van der Waals surface area contributed by atoms with Crippen molar-refractivity contribution in [2.45, 2.75) is 30.6 Å². The van der Waals surface area contributed by atoms with Gasteiger partial charge in [0, 0.05) is 50.9 Å². The van der Waals surface area contributed by atoms with Crippen LogP contribution < -0.4 is 10.7 Å². The van der Waals surface area contributed by atoms with Crippen LogP contribution in [0.3, 0.4) is 0 Å². The monoisotopic (exact) mass is 650 g/mol. The van der Waals surface area contributed by atoms with Crippen LogP contribution in [0.25, 0.3) is 45.0 Å². The highest BCUT2D eigenvalue weighted by Gasteiger charge is 2.39. The SMILES string of the molecule is CC1(C)Cc2c(c(-c3ccc(F)cc3)c(C#N)c(=O)n2-c2ccc(S(N)(=O)=O)cc2)-c2c1cnc1cc(-c3ccc(Cl)cc3)nn21. The van der Waals surface area contributed by atoms with Crippen molar-refractivity contribution < 1.29 is 12.8 Å². The van der Waals surface area contributed by atoms with Crippen molar-refractivity contribution in [2.24, 2.45) is 5.14 Å². The van der Waals surface area contributed by atoms with Crippen molar-refractivity contribution in [3.63, 3.8) is 0 Å². The molecule has 0 amide bonds. The maximum absolute atomic E-state index is 14.3. The van der Waals surface area contributed by atoms with Crippen molar-refractivity contribution in [1.82, 2.24) is 19.2 Å². The molecule has 0 saturated heterocycles. The van der Waals surface area contributed by atoms with Crippen LogP contribution in [0, 0.1) is 17.1 Å². The molecule has 46 heavy (non-hydrogen) atoms. The lowest BCUT2D eigenvalue weighted by Gasteiger charge is -2.36. The van der Waals surface area contributed by atoms with Gasteiger partial charge in [0.2, 0.25) is 10.0 Å². The summed E-state index contributed by atoms with van der Waals surface area (Å²) in [5, 5.41) is 21.4. The highest BCUT2D eigenvalue weighted by Crippen LogP contribution is 2.48. The number of hydrogen-bond acceptors (Lipinski definition) is 6. The fourth-order valence-corrected chi connectivity index (χ4v) is 6.80. The summed E-state index contributed by atoms with van der Waals surface area (Å²) in [4.78, 5) is 18.9. The molecule has 0 saturated carbocycles. The van der Waals surface area contributed by atoms with Gasteiger partial charge in [-0.15, -0.1) is 0 Å². The first kappa shape index (κ1) is 29.6. The normalized spacial score (nSPS) is 13.7. The van der Waals surface area contributed by atoms with Crippen LogP contribution in [-0.2, 0) is 21.9 Å². The van der Waals surface area contributed by atoms with E-state index in [9.17, 15) is 22.9 Å². The van der Waals surface area contributed by atoms with E-state index in [-0.39, 0.29) is 10.5 Å². The van der Waals surface area contributed by atoms with Crippen LogP contribution in [0.15, 0.2) is 94.7 Å². The third-order valence-corrected chi connectivity index (χ3v) is 9.52. The van der Waals surface area contributed by atoms with Crippen molar-refractivity contribution in [3.8, 4) is 45.4 Å². The van der Waals surface area contributed by atoms with Gasteiger partial charge >= 0.3 is 0 Å². The molecular formula is C34H24ClFN6O3S. The molecule has 3 heterocycles. The molecule has 2 N–H and O–H groups in total. The summed E-state index contributed by atoms with van der Waals surface area (Å²) in [7, 11) is -3.99. The van der Waals surface area contributed by atoms with Gasteiger partial charge in [0.1, 0.15) is 17.4 Å². The van der Waals surface area contributed by atoms with E-state index in [4.69, 9.17) is 26.8 Å². The first-order valence-electron chi connectivity index (χ1n) is 14.1. The van der Waals surface area contributed by atoms with E-state index in [2.05, 4.69) is 6.07 Å². The van der Waals surface area contributed by atoms with Gasteiger partial charge in [-0.05, 0) is 65.9 Å². The second-order valence-corrected chi connectivity index (χ2v) is 13.8. The van der Waals surface area contributed by atoms with E-state index in [1.54, 1.807) is 22.8 Å². The highest BCUT2D eigenvalue weighted by atomic mass is 35.5. The second-order valence-electron chi connectivity index (χ2n) is 11.8. The van der Waals surface area contributed by atoms with Gasteiger partial charge in [0.05, 0.1) is 16.3 Å². The molecule has 0 bridgehead atoms. The quantitative estimate of drug-likeness (QED) is 0.248. The Morgan fingerprint density at radius 2 is 1.63 bits per heavy atom. The van der Waals surface area contributed by atoms with Crippen LogP contribution in [0.5, 0.6) is 0 Å². The number of aromatic nitrogens is 4. The fourth-order valence-electron chi connectivity index (χ4n) is 6.16. The molecule has 7 rings (SSSR count). The predicted molar refractivity (Wildman–Crippen MR) is 173 cm³/mol. The lowest BCUT2D eigenvalue weighted by atomic mass is 9.72. The van der Waals surface area contributed by atoms with E-state index in [0.717, 1.165) is 11.1 Å². The number of primary sulfonamides is 1. The van der Waals surface area contributed by atoms with E-state index < -0.39 is 26.8 Å². The number of pyridine rings is 1. The minimum absolute atomic E-state index is 0.119. The van der Waals surface area contributed by atoms with E-state index >= 15 is 0 Å². The maximum Gasteiger partial charge on any atom is 0.273 e. The number of nitrogens with zero attached hydrogens (tertiary/aromatic N) is 5. The molecule has 12 heteroatoms. The average molecular weight is 651 g/mol. The number of nitriles is 1. The summed E-state index contributed by atoms with van der Waals surface area (Å²) in [5.74, 6) is -0.466. The maximum atomic E-state index is 14.3. The zero-order valence-electron chi connectivity index (χ0n) is 24.5. The van der Waals surface area contributed by atoms with Crippen LogP contribution in [0.1, 0.15) is 30.7 Å². The van der Waals surface area contributed by atoms with Crippen molar-refractivity contribution in [1.29, 1.82) is 5.26 Å². The van der Waals surface area contributed by atoms with Gasteiger partial charge < -0.3 is 0 Å². The third kappa shape index (κ3) is 4.70. The topological polar surface area (TPSA) is 136 Å². The van der Waals surface area contributed by atoms with Gasteiger partial charge in [-0.3, -0.25) is 9.36 Å². The molecule has 1 aliphatic rings. The molecular weight excluding hydrogens is 627 g/mol. The summed E-state index contributed by atoms with van der Waals surface area (Å²) in [6.07, 6.45) is 2.14. The van der Waals surface area contributed by atoms with Crippen LogP contribution in [0.2, 0.25) is 5.02 Å². The summed E-state index contributed by atoms with van der Waals surface area (Å²) in [5.41, 5.74) is 4.41. The summed E-state index contributed by atoms with van der Waals surface area (Å²) >= 11 is 6.13. The zero-order chi connectivity index (χ0) is 32.5. The molecule has 228 valence electrons. The minimum atomic E-state index is -3.99. The lowest BCUT2D eigenvalue weighted by Crippen LogP contribution is -2.35. The number of hydrogen-bond donors (Lipinski definition) is 1. The van der Waals surface area contributed by atoms with Gasteiger partial charge in [-0.25, -0.2) is 27.4 Å². The highest BCUT2D eigenvalue weighted by molar-refractivity contribution is 7.89. The van der Waals surface area contributed by atoms with Crippen molar-refractivity contribution in [2.75, 3.05) is 0 Å². The second kappa shape index (κ2) is 10.5. The Hall–Kier alpha value is -5.15. The minimum Gasteiger partial charge on any atom is -0.279 e. The number of rotatable bonds is 4. The summed E-state index contributed by atoms with van der Waals surface area (Å²) < 4.78 is 41.3. The first-order chi connectivity index (χ1) is 21.9. The number of nitrogens with two attached hydrogens (primary N) is 1. The Morgan fingerprint density at radius 1 is 0.978 bits per heavy atom. The number of halogens is 2. The molecule has 9 nitrogen and oxygen atoms in total. The van der Waals surface area contributed by atoms with Crippen LogP contribution in [0.4, 0.5) is 4.39 Å². The Labute approximate surface area is 268 Å². The van der Waals surface area contributed by atoms with Gasteiger partial charge in [-0.1, -0.05) is 49.7 Å². The largest absolute Gasteiger partial charge is 0.279 e. The smallest absolute Gasteiger partial charge is 0.273 e. The molecule has 0 atom stereocenters. The molecule has 0 spiro atoms. The number of sulfonamides is 1. The Bertz CT molecular complexity index is 2430. The first-order valence-corrected chi connectivity index (χ1v) is 16.1. The average Bonchev–Trinajstić information content (AvgIpc) is 3.46. The Kier molecular flexibility index (Phi) is 6.72. The Balaban J connectivity index is 1.63. The zero-order valence-corrected chi connectivity index (χ0v) is 26.1. The molecule has 0 aliphatic heterocycles. The van der Waals surface area contributed by atoms with Crippen molar-refractivity contribution in [3.05, 3.63) is 123 Å². The predicted octanol–water partition coefficient (Wildman–Crippen LogP) is 6.03. The van der Waals surface area contributed by atoms with Gasteiger partial charge in [0.25, 0.3) is 5.56 Å². The Morgan fingerprint density at radius 3 is 2.26 bits per heavy atom. The molecule has 0 radical (unpaired) electrons. The van der Waals surface area contributed by atoms with Crippen LogP contribution in [-0.4, -0.2) is 27.6 Å². The lowest BCUT2D eigenvalue weighted by molar-refractivity contribution is 0.495. The standard InChI is InChI=1S/C34H24ClFN6O3S/c1-34(2)16-28-31(32-26(34)18-39-29-15-27(40-42(29)32)19-3-7-21(35)8-4-19)30(20-5-9-22(36)10-6-20)25(17-37)33(43)41(28)23-11-13-24(14-12-23)46(38,44)45/h3-15,18H,16H2,1-2H3,(H2,38,44,45). The molecule has 0 fully saturated rings. The summed E-state index contributed by atoms with van der Waals surface area (Å²) in [6, 6.07) is 22.4. The van der Waals surface area contributed by atoms with Crippen LogP contribution >= 0.6 is 11.6 Å². The third-order valence-electron chi connectivity index (χ3n) is 8.34. The van der Waals surface area contributed by atoms with E-state index in [1.807, 2.05) is 32.0 Å². The number of fused-ring (bicyclic) bond motifs is 5. The van der Waals surface area contributed by atoms with Gasteiger partial charge in [-0.2, -0.15) is 10.4 Å². The number of benzene rings is 3. The summed E-state index contributed by atoms with van der Waals surface area (Å²) in [6.45, 7) is 4.06.